The third-order valence-corrected chi connectivity index (χ3v) is 4.24. The van der Waals surface area contributed by atoms with Crippen molar-refractivity contribution < 1.29 is 14.6 Å². The number of pyridine rings is 1. The van der Waals surface area contributed by atoms with Gasteiger partial charge >= 0.3 is 0 Å². The lowest BCUT2D eigenvalue weighted by Gasteiger charge is -2.23. The summed E-state index contributed by atoms with van der Waals surface area (Å²) in [4.78, 5) is 18.2. The van der Waals surface area contributed by atoms with Crippen molar-refractivity contribution in [2.75, 3.05) is 19.7 Å². The van der Waals surface area contributed by atoms with Crippen LogP contribution in [0.4, 0.5) is 0 Å². The summed E-state index contributed by atoms with van der Waals surface area (Å²) in [5.74, 6) is 0.724. The Morgan fingerprint density at radius 3 is 2.96 bits per heavy atom. The highest BCUT2D eigenvalue weighted by Crippen LogP contribution is 2.24. The summed E-state index contributed by atoms with van der Waals surface area (Å²) >= 11 is 0. The number of nitrogens with zero attached hydrogens (tertiary/aromatic N) is 2. The summed E-state index contributed by atoms with van der Waals surface area (Å²) in [6, 6.07) is 13.2. The minimum atomic E-state index is -0.997. The zero-order valence-electron chi connectivity index (χ0n) is 13.8. The molecule has 0 unspecified atom stereocenters. The number of hydrogen-bond acceptors (Lipinski definition) is 4. The molecule has 0 saturated carbocycles. The third-order valence-electron chi connectivity index (χ3n) is 4.24. The molecule has 0 aliphatic carbocycles. The standard InChI is InChI=1S/C19H22N2O3/c1-15-5-4-7-17(11-15)24-14-19(23)8-10-21(13-19)18(22)12-16-6-2-3-9-20-16/h2-7,9,11,23H,8,10,12-14H2,1H3/t19-/m1/s1. The maximum Gasteiger partial charge on any atom is 0.228 e. The van der Waals surface area contributed by atoms with E-state index in [1.165, 1.54) is 0 Å². The minimum Gasteiger partial charge on any atom is -0.491 e. The molecule has 2 heterocycles. The average molecular weight is 326 g/mol. The molecule has 1 aliphatic heterocycles. The smallest absolute Gasteiger partial charge is 0.228 e. The number of aromatic nitrogens is 1. The van der Waals surface area contributed by atoms with Gasteiger partial charge < -0.3 is 14.7 Å². The van der Waals surface area contributed by atoms with Gasteiger partial charge in [-0.15, -0.1) is 0 Å². The fourth-order valence-corrected chi connectivity index (χ4v) is 2.88. The minimum absolute atomic E-state index is 0.0137. The zero-order chi connectivity index (χ0) is 17.0. The van der Waals surface area contributed by atoms with E-state index in [1.807, 2.05) is 49.4 Å². The highest BCUT2D eigenvalue weighted by molar-refractivity contribution is 5.78. The van der Waals surface area contributed by atoms with Crippen LogP contribution in [0.15, 0.2) is 48.7 Å². The van der Waals surface area contributed by atoms with Crippen molar-refractivity contribution in [2.45, 2.75) is 25.4 Å². The molecule has 1 aromatic carbocycles. The van der Waals surface area contributed by atoms with Crippen molar-refractivity contribution in [1.82, 2.24) is 9.88 Å². The molecule has 24 heavy (non-hydrogen) atoms. The van der Waals surface area contributed by atoms with E-state index in [2.05, 4.69) is 4.98 Å². The summed E-state index contributed by atoms with van der Waals surface area (Å²) in [5.41, 5.74) is 0.857. The van der Waals surface area contributed by atoms with Gasteiger partial charge in [0.15, 0.2) is 0 Å². The summed E-state index contributed by atoms with van der Waals surface area (Å²) in [7, 11) is 0. The highest BCUT2D eigenvalue weighted by Gasteiger charge is 2.38. The topological polar surface area (TPSA) is 62.7 Å². The Kier molecular flexibility index (Phi) is 4.81. The van der Waals surface area contributed by atoms with Crippen molar-refractivity contribution >= 4 is 5.91 Å². The number of hydrogen-bond donors (Lipinski definition) is 1. The molecule has 5 heteroatoms. The van der Waals surface area contributed by atoms with Gasteiger partial charge in [-0.25, -0.2) is 0 Å². The van der Waals surface area contributed by atoms with E-state index in [-0.39, 0.29) is 18.9 Å². The third kappa shape index (κ3) is 4.11. The second-order valence-electron chi connectivity index (χ2n) is 6.39. The van der Waals surface area contributed by atoms with Gasteiger partial charge in [0.25, 0.3) is 0 Å². The Hall–Kier alpha value is -2.40. The van der Waals surface area contributed by atoms with E-state index < -0.39 is 5.60 Å². The number of likely N-dealkylation sites (tertiary alicyclic amines) is 1. The molecule has 0 bridgehead atoms. The van der Waals surface area contributed by atoms with Gasteiger partial charge in [0.2, 0.25) is 5.91 Å². The molecule has 126 valence electrons. The van der Waals surface area contributed by atoms with E-state index in [1.54, 1.807) is 11.1 Å². The number of amides is 1. The second-order valence-corrected chi connectivity index (χ2v) is 6.39. The molecule has 2 aromatic rings. The normalized spacial score (nSPS) is 20.2. The van der Waals surface area contributed by atoms with Gasteiger partial charge in [0, 0.05) is 18.4 Å². The van der Waals surface area contributed by atoms with Crippen LogP contribution in [0.2, 0.25) is 0 Å². The summed E-state index contributed by atoms with van der Waals surface area (Å²) in [5, 5.41) is 10.7. The molecule has 1 aliphatic rings. The average Bonchev–Trinajstić information content (AvgIpc) is 2.97. The van der Waals surface area contributed by atoms with Crippen molar-refractivity contribution in [3.05, 3.63) is 59.9 Å². The zero-order valence-corrected chi connectivity index (χ0v) is 13.8. The maximum atomic E-state index is 12.4. The van der Waals surface area contributed by atoms with Crippen LogP contribution in [0.25, 0.3) is 0 Å². The van der Waals surface area contributed by atoms with Crippen LogP contribution < -0.4 is 4.74 Å². The van der Waals surface area contributed by atoms with Gasteiger partial charge in [-0.2, -0.15) is 0 Å². The lowest BCUT2D eigenvalue weighted by Crippen LogP contribution is -2.41. The molecular weight excluding hydrogens is 304 g/mol. The number of aryl methyl sites for hydroxylation is 1. The van der Waals surface area contributed by atoms with Gasteiger partial charge in [0.1, 0.15) is 18.0 Å². The summed E-state index contributed by atoms with van der Waals surface area (Å²) in [6.07, 6.45) is 2.46. The summed E-state index contributed by atoms with van der Waals surface area (Å²) in [6.45, 7) is 3.02. The quantitative estimate of drug-likeness (QED) is 0.912. The molecule has 1 amide bonds. The van der Waals surface area contributed by atoms with Crippen LogP contribution in [0.5, 0.6) is 5.75 Å². The largest absolute Gasteiger partial charge is 0.491 e. The Morgan fingerprint density at radius 2 is 2.21 bits per heavy atom. The van der Waals surface area contributed by atoms with E-state index in [9.17, 15) is 9.90 Å². The molecule has 1 fully saturated rings. The molecule has 1 saturated heterocycles. The first-order valence-electron chi connectivity index (χ1n) is 8.14. The Morgan fingerprint density at radius 1 is 1.33 bits per heavy atom. The Labute approximate surface area is 141 Å². The van der Waals surface area contributed by atoms with E-state index in [0.29, 0.717) is 19.5 Å². The molecule has 3 rings (SSSR count). The highest BCUT2D eigenvalue weighted by atomic mass is 16.5. The van der Waals surface area contributed by atoms with Crippen LogP contribution in [-0.2, 0) is 11.2 Å². The molecule has 1 atom stereocenters. The predicted molar refractivity (Wildman–Crippen MR) is 90.8 cm³/mol. The molecule has 0 radical (unpaired) electrons. The molecule has 5 nitrogen and oxygen atoms in total. The monoisotopic (exact) mass is 326 g/mol. The van der Waals surface area contributed by atoms with Crippen LogP contribution in [-0.4, -0.2) is 46.2 Å². The fourth-order valence-electron chi connectivity index (χ4n) is 2.88. The molecule has 0 spiro atoms. The number of carbonyl (C=O) groups is 1. The number of β-amino-alcohol motifs (C(OH)–C–C–N with tert-alkyl or cyclic N) is 1. The predicted octanol–water partition coefficient (Wildman–Crippen LogP) is 1.97. The van der Waals surface area contributed by atoms with Gasteiger partial charge in [-0.3, -0.25) is 9.78 Å². The van der Waals surface area contributed by atoms with Gasteiger partial charge in [0.05, 0.1) is 13.0 Å². The van der Waals surface area contributed by atoms with Gasteiger partial charge in [-0.1, -0.05) is 18.2 Å². The van der Waals surface area contributed by atoms with E-state index in [0.717, 1.165) is 17.0 Å². The number of benzene rings is 1. The van der Waals surface area contributed by atoms with Crippen molar-refractivity contribution in [3.63, 3.8) is 0 Å². The lowest BCUT2D eigenvalue weighted by molar-refractivity contribution is -0.130. The van der Waals surface area contributed by atoms with Crippen molar-refractivity contribution in [2.24, 2.45) is 0 Å². The summed E-state index contributed by atoms with van der Waals surface area (Å²) < 4.78 is 5.72. The Bertz CT molecular complexity index is 705. The first-order valence-corrected chi connectivity index (χ1v) is 8.14. The van der Waals surface area contributed by atoms with Crippen LogP contribution in [0, 0.1) is 6.92 Å². The molecule has 1 N–H and O–H groups in total. The number of carbonyl (C=O) groups excluding carboxylic acids is 1. The SMILES string of the molecule is Cc1cccc(OC[C@@]2(O)CCN(C(=O)Cc3ccccn3)C2)c1. The van der Waals surface area contributed by atoms with Crippen molar-refractivity contribution in [1.29, 1.82) is 0 Å². The molecular formula is C19H22N2O3. The molecule has 1 aromatic heterocycles. The number of aliphatic hydroxyl groups is 1. The first kappa shape index (κ1) is 16.5. The second kappa shape index (κ2) is 7.01. The number of rotatable bonds is 5. The van der Waals surface area contributed by atoms with Crippen LogP contribution >= 0.6 is 0 Å². The van der Waals surface area contributed by atoms with E-state index >= 15 is 0 Å². The van der Waals surface area contributed by atoms with Gasteiger partial charge in [-0.05, 0) is 43.2 Å². The number of ether oxygens (including phenoxy) is 1. The lowest BCUT2D eigenvalue weighted by atomic mass is 10.1. The fraction of sp³-hybridized carbons (Fsp3) is 0.368. The Balaban J connectivity index is 1.54. The maximum absolute atomic E-state index is 12.4. The first-order chi connectivity index (χ1) is 11.5. The van der Waals surface area contributed by atoms with E-state index in [4.69, 9.17) is 4.74 Å². The van der Waals surface area contributed by atoms with Crippen molar-refractivity contribution in [3.8, 4) is 5.75 Å². The van der Waals surface area contributed by atoms with Crippen LogP contribution in [0.1, 0.15) is 17.7 Å². The van der Waals surface area contributed by atoms with Crippen LogP contribution in [0.3, 0.4) is 0 Å².